The largest absolute Gasteiger partial charge is 0.288 e. The lowest BCUT2D eigenvalue weighted by molar-refractivity contribution is -0.124. The molecule has 3 nitrogen and oxygen atoms in total. The topological polar surface area (TPSA) is 32.3 Å². The smallest absolute Gasteiger partial charge is 0.248 e. The van der Waals surface area contributed by atoms with E-state index in [2.05, 4.69) is 11.5 Å². The number of hydrazine groups is 1. The van der Waals surface area contributed by atoms with Crippen molar-refractivity contribution in [3.63, 3.8) is 0 Å². The van der Waals surface area contributed by atoms with Crippen molar-refractivity contribution in [3.05, 3.63) is 11.0 Å². The molecule has 1 aliphatic rings. The Labute approximate surface area is 77.2 Å². The average molecular weight is 186 g/mol. The summed E-state index contributed by atoms with van der Waals surface area (Å²) in [6, 6.07) is 0. The van der Waals surface area contributed by atoms with E-state index in [-0.39, 0.29) is 11.2 Å². The van der Waals surface area contributed by atoms with Crippen LogP contribution in [0.4, 0.5) is 0 Å². The number of allylic oxidation sites excluding steroid dienone is 2. The van der Waals surface area contributed by atoms with Crippen molar-refractivity contribution in [2.75, 3.05) is 14.1 Å². The van der Waals surface area contributed by atoms with Crippen LogP contribution < -0.4 is 5.43 Å². The van der Waals surface area contributed by atoms with Crippen LogP contribution in [-0.2, 0) is 4.79 Å². The van der Waals surface area contributed by atoms with Gasteiger partial charge in [0.15, 0.2) is 0 Å². The average Bonchev–Trinajstić information content (AvgIpc) is 2.34. The third-order valence-electron chi connectivity index (χ3n) is 1.57. The Morgan fingerprint density at radius 3 is 2.83 bits per heavy atom. The first-order valence-corrected chi connectivity index (χ1v) is 4.79. The molecule has 1 N–H and O–H groups in total. The lowest BCUT2D eigenvalue weighted by atomic mass is 10.3. The molecule has 0 saturated heterocycles. The van der Waals surface area contributed by atoms with Crippen LogP contribution >= 0.6 is 11.8 Å². The molecule has 1 heterocycles. The molecule has 0 aromatic heterocycles. The van der Waals surface area contributed by atoms with Crippen molar-refractivity contribution in [1.29, 1.82) is 0 Å². The van der Waals surface area contributed by atoms with Crippen molar-refractivity contribution in [1.82, 2.24) is 10.4 Å². The highest BCUT2D eigenvalue weighted by Gasteiger charge is 2.22. The molecule has 0 saturated carbocycles. The molecule has 0 aromatic carbocycles. The standard InChI is InChI=1S/C8H14N2OS/c1-6-4-5-7(12-6)8(11)9-10(2)3/h4,7H,5H2,1-3H3,(H,9,11). The number of rotatable bonds is 2. The fraction of sp³-hybridized carbons (Fsp3) is 0.625. The number of nitrogens with zero attached hydrogens (tertiary/aromatic N) is 1. The van der Waals surface area contributed by atoms with Gasteiger partial charge in [0.25, 0.3) is 0 Å². The molecule has 0 bridgehead atoms. The lowest BCUT2D eigenvalue weighted by Gasteiger charge is -2.15. The van der Waals surface area contributed by atoms with Crippen LogP contribution in [0.15, 0.2) is 11.0 Å². The van der Waals surface area contributed by atoms with Crippen molar-refractivity contribution in [2.45, 2.75) is 18.6 Å². The summed E-state index contributed by atoms with van der Waals surface area (Å²) in [6.45, 7) is 2.04. The van der Waals surface area contributed by atoms with Crippen LogP contribution in [0, 0.1) is 0 Å². The fourth-order valence-corrected chi connectivity index (χ4v) is 2.04. The van der Waals surface area contributed by atoms with Gasteiger partial charge in [0, 0.05) is 14.1 Å². The monoisotopic (exact) mass is 186 g/mol. The second kappa shape index (κ2) is 3.96. The fourth-order valence-electron chi connectivity index (χ4n) is 1.05. The van der Waals surface area contributed by atoms with Gasteiger partial charge >= 0.3 is 0 Å². The lowest BCUT2D eigenvalue weighted by Crippen LogP contribution is -2.40. The van der Waals surface area contributed by atoms with E-state index in [1.54, 1.807) is 16.8 Å². The number of amides is 1. The number of thioether (sulfide) groups is 1. The molecule has 4 heteroatoms. The summed E-state index contributed by atoms with van der Waals surface area (Å²) in [7, 11) is 3.63. The SMILES string of the molecule is CC1=CCC(C(=O)NN(C)C)S1. The van der Waals surface area contributed by atoms with Crippen LogP contribution in [0.1, 0.15) is 13.3 Å². The molecule has 1 unspecified atom stereocenters. The van der Waals surface area contributed by atoms with Crippen LogP contribution in [0.5, 0.6) is 0 Å². The van der Waals surface area contributed by atoms with Crippen LogP contribution in [0.25, 0.3) is 0 Å². The molecule has 0 spiro atoms. The van der Waals surface area contributed by atoms with Gasteiger partial charge in [-0.15, -0.1) is 11.8 Å². The van der Waals surface area contributed by atoms with Crippen molar-refractivity contribution < 1.29 is 4.79 Å². The summed E-state index contributed by atoms with van der Waals surface area (Å²) in [5.41, 5.74) is 2.75. The molecule has 0 aliphatic carbocycles. The zero-order valence-corrected chi connectivity index (χ0v) is 8.44. The first kappa shape index (κ1) is 9.61. The normalized spacial score (nSPS) is 22.7. The van der Waals surface area contributed by atoms with Gasteiger partial charge in [0.2, 0.25) is 5.91 Å². The Kier molecular flexibility index (Phi) is 3.17. The van der Waals surface area contributed by atoms with Crippen LogP contribution in [0.2, 0.25) is 0 Å². The maximum atomic E-state index is 11.4. The van der Waals surface area contributed by atoms with E-state index in [0.29, 0.717) is 0 Å². The zero-order valence-electron chi connectivity index (χ0n) is 7.63. The van der Waals surface area contributed by atoms with Gasteiger partial charge in [-0.25, -0.2) is 5.01 Å². The molecule has 68 valence electrons. The number of hydrogen-bond donors (Lipinski definition) is 1. The highest BCUT2D eigenvalue weighted by atomic mass is 32.2. The Morgan fingerprint density at radius 1 is 1.75 bits per heavy atom. The van der Waals surface area contributed by atoms with E-state index < -0.39 is 0 Å². The minimum Gasteiger partial charge on any atom is -0.288 e. The molecule has 1 aliphatic heterocycles. The maximum Gasteiger partial charge on any atom is 0.248 e. The van der Waals surface area contributed by atoms with E-state index in [9.17, 15) is 4.79 Å². The summed E-state index contributed by atoms with van der Waals surface area (Å²) in [6.07, 6.45) is 2.96. The summed E-state index contributed by atoms with van der Waals surface area (Å²) in [5, 5.41) is 1.75. The van der Waals surface area contributed by atoms with Gasteiger partial charge in [-0.2, -0.15) is 0 Å². The highest BCUT2D eigenvalue weighted by Crippen LogP contribution is 2.31. The third kappa shape index (κ3) is 2.53. The quantitative estimate of drug-likeness (QED) is 0.653. The molecular weight excluding hydrogens is 172 g/mol. The number of hydrogen-bond acceptors (Lipinski definition) is 3. The zero-order chi connectivity index (χ0) is 9.14. The maximum absolute atomic E-state index is 11.4. The van der Waals surface area contributed by atoms with Gasteiger partial charge < -0.3 is 0 Å². The molecule has 1 atom stereocenters. The molecule has 0 aromatic rings. The van der Waals surface area contributed by atoms with Crippen LogP contribution in [0.3, 0.4) is 0 Å². The number of carbonyl (C=O) groups excluding carboxylic acids is 1. The van der Waals surface area contributed by atoms with Gasteiger partial charge in [-0.05, 0) is 18.2 Å². The predicted octanol–water partition coefficient (Wildman–Crippen LogP) is 0.988. The van der Waals surface area contributed by atoms with E-state index in [4.69, 9.17) is 0 Å². The number of nitrogens with one attached hydrogen (secondary N) is 1. The second-order valence-corrected chi connectivity index (χ2v) is 4.48. The highest BCUT2D eigenvalue weighted by molar-refractivity contribution is 8.04. The van der Waals surface area contributed by atoms with Gasteiger partial charge in [0.05, 0.1) is 5.25 Å². The number of carbonyl (C=O) groups is 1. The van der Waals surface area contributed by atoms with Gasteiger partial charge in [0.1, 0.15) is 0 Å². The van der Waals surface area contributed by atoms with Gasteiger partial charge in [-0.1, -0.05) is 6.08 Å². The molecule has 0 fully saturated rings. The van der Waals surface area contributed by atoms with Crippen molar-refractivity contribution in [2.24, 2.45) is 0 Å². The molecule has 1 amide bonds. The summed E-state index contributed by atoms with van der Waals surface area (Å²) >= 11 is 1.64. The van der Waals surface area contributed by atoms with E-state index in [1.807, 2.05) is 21.0 Å². The Morgan fingerprint density at radius 2 is 2.42 bits per heavy atom. The molecule has 1 rings (SSSR count). The first-order valence-electron chi connectivity index (χ1n) is 3.91. The second-order valence-electron chi connectivity index (χ2n) is 3.03. The van der Waals surface area contributed by atoms with Crippen molar-refractivity contribution in [3.8, 4) is 0 Å². The van der Waals surface area contributed by atoms with E-state index >= 15 is 0 Å². The van der Waals surface area contributed by atoms with Crippen LogP contribution in [-0.4, -0.2) is 30.3 Å². The Hall–Kier alpha value is -0.480. The molecule has 0 radical (unpaired) electrons. The van der Waals surface area contributed by atoms with Gasteiger partial charge in [-0.3, -0.25) is 10.2 Å². The molecular formula is C8H14N2OS. The minimum atomic E-state index is 0.0763. The third-order valence-corrected chi connectivity index (χ3v) is 2.80. The van der Waals surface area contributed by atoms with E-state index in [0.717, 1.165) is 6.42 Å². The molecule has 12 heavy (non-hydrogen) atoms. The van der Waals surface area contributed by atoms with E-state index in [1.165, 1.54) is 4.91 Å². The predicted molar refractivity (Wildman–Crippen MR) is 51.6 cm³/mol. The Balaban J connectivity index is 2.36. The van der Waals surface area contributed by atoms with Crippen molar-refractivity contribution >= 4 is 17.7 Å². The summed E-state index contributed by atoms with van der Waals surface area (Å²) in [4.78, 5) is 12.6. The minimum absolute atomic E-state index is 0.0763. The summed E-state index contributed by atoms with van der Waals surface area (Å²) in [5.74, 6) is 0.0955. The first-order chi connectivity index (χ1) is 5.59. The Bertz CT molecular complexity index is 213. The summed E-state index contributed by atoms with van der Waals surface area (Å²) < 4.78 is 0.